The van der Waals surface area contributed by atoms with Crippen LogP contribution in [0.1, 0.15) is 0 Å². The molecule has 0 spiro atoms. The summed E-state index contributed by atoms with van der Waals surface area (Å²) in [4.78, 5) is 21.9. The van der Waals surface area contributed by atoms with Gasteiger partial charge in [-0.1, -0.05) is 29.8 Å². The van der Waals surface area contributed by atoms with Crippen LogP contribution < -0.4 is 4.74 Å². The van der Waals surface area contributed by atoms with Gasteiger partial charge in [-0.3, -0.25) is 15.1 Å². The van der Waals surface area contributed by atoms with Gasteiger partial charge in [0.15, 0.2) is 5.75 Å². The van der Waals surface area contributed by atoms with Gasteiger partial charge in [0, 0.05) is 11.6 Å². The van der Waals surface area contributed by atoms with E-state index in [0.717, 1.165) is 11.7 Å². The first-order valence-electron chi connectivity index (χ1n) is 5.83. The molecule has 0 saturated carbocycles. The van der Waals surface area contributed by atoms with Gasteiger partial charge < -0.3 is 4.74 Å². The van der Waals surface area contributed by atoms with E-state index in [-0.39, 0.29) is 11.0 Å². The molecule has 0 amide bonds. The Morgan fingerprint density at radius 1 is 1.14 bits per heavy atom. The van der Waals surface area contributed by atoms with Crippen LogP contribution in [-0.2, 0) is 0 Å². The lowest BCUT2D eigenvalue weighted by molar-refractivity contribution is -0.386. The van der Waals surface area contributed by atoms with Crippen LogP contribution >= 0.6 is 11.6 Å². The van der Waals surface area contributed by atoms with E-state index in [1.165, 1.54) is 0 Å². The average molecular weight is 303 g/mol. The summed E-state index contributed by atoms with van der Waals surface area (Å²) in [6, 6.07) is 8.91. The van der Waals surface area contributed by atoms with Crippen LogP contribution in [0.25, 0.3) is 10.9 Å². The molecule has 0 fully saturated rings. The Bertz CT molecular complexity index is 835. The number of hydrogen-bond donors (Lipinski definition) is 0. The average Bonchev–Trinajstić information content (AvgIpc) is 2.47. The second-order valence-electron chi connectivity index (χ2n) is 4.01. The molecule has 0 bridgehead atoms. The molecule has 2 aromatic heterocycles. The van der Waals surface area contributed by atoms with E-state index in [4.69, 9.17) is 16.3 Å². The SMILES string of the molecule is O=[N+]([O-])c1c(Cl)ncnc1Oc1cccc2cccnc12. The molecule has 0 aliphatic heterocycles. The zero-order valence-electron chi connectivity index (χ0n) is 10.4. The first-order valence-corrected chi connectivity index (χ1v) is 6.21. The zero-order valence-corrected chi connectivity index (χ0v) is 11.2. The number of pyridine rings is 1. The molecule has 3 rings (SSSR count). The number of hydrogen-bond acceptors (Lipinski definition) is 6. The summed E-state index contributed by atoms with van der Waals surface area (Å²) in [5.74, 6) is 0.129. The van der Waals surface area contributed by atoms with E-state index in [2.05, 4.69) is 15.0 Å². The lowest BCUT2D eigenvalue weighted by Gasteiger charge is -2.07. The van der Waals surface area contributed by atoms with Gasteiger partial charge in [0.2, 0.25) is 5.15 Å². The molecule has 7 nitrogen and oxygen atoms in total. The fourth-order valence-corrected chi connectivity index (χ4v) is 2.03. The van der Waals surface area contributed by atoms with Gasteiger partial charge >= 0.3 is 11.6 Å². The topological polar surface area (TPSA) is 91.0 Å². The number of nitrogens with zero attached hydrogens (tertiary/aromatic N) is 4. The minimum absolute atomic E-state index is 0.224. The van der Waals surface area contributed by atoms with E-state index in [1.54, 1.807) is 24.4 Å². The van der Waals surface area contributed by atoms with Crippen molar-refractivity contribution in [1.29, 1.82) is 0 Å². The van der Waals surface area contributed by atoms with E-state index >= 15 is 0 Å². The summed E-state index contributed by atoms with van der Waals surface area (Å²) in [6.07, 6.45) is 2.71. The van der Waals surface area contributed by atoms with Gasteiger partial charge in [-0.05, 0) is 12.1 Å². The molecule has 0 aliphatic rings. The van der Waals surface area contributed by atoms with Gasteiger partial charge in [-0.25, -0.2) is 4.98 Å². The van der Waals surface area contributed by atoms with E-state index in [1.807, 2.05) is 12.1 Å². The fraction of sp³-hybridized carbons (Fsp3) is 0. The Labute approximate surface area is 123 Å². The third-order valence-electron chi connectivity index (χ3n) is 2.73. The third-order valence-corrected chi connectivity index (χ3v) is 3.01. The number of nitro groups is 1. The van der Waals surface area contributed by atoms with Crippen molar-refractivity contribution in [2.75, 3.05) is 0 Å². The summed E-state index contributed by atoms with van der Waals surface area (Å²) in [6.45, 7) is 0. The monoisotopic (exact) mass is 302 g/mol. The molecule has 1 aromatic carbocycles. The van der Waals surface area contributed by atoms with Crippen molar-refractivity contribution in [1.82, 2.24) is 15.0 Å². The minimum Gasteiger partial charge on any atom is -0.431 e. The van der Waals surface area contributed by atoms with Crippen LogP contribution in [0.4, 0.5) is 5.69 Å². The van der Waals surface area contributed by atoms with Crippen molar-refractivity contribution in [3.05, 3.63) is 58.1 Å². The molecule has 0 atom stereocenters. The lowest BCUT2D eigenvalue weighted by Crippen LogP contribution is -1.99. The van der Waals surface area contributed by atoms with Gasteiger partial charge in [0.05, 0.1) is 4.92 Å². The first-order chi connectivity index (χ1) is 10.2. The standard InChI is InChI=1S/C13H7ClN4O3/c14-12-11(18(19)20)13(17-7-16-12)21-9-5-1-3-8-4-2-6-15-10(8)9/h1-7H. The predicted molar refractivity (Wildman–Crippen MR) is 75.5 cm³/mol. The highest BCUT2D eigenvalue weighted by Crippen LogP contribution is 2.35. The Morgan fingerprint density at radius 2 is 1.95 bits per heavy atom. The van der Waals surface area contributed by atoms with Crippen LogP contribution in [0.3, 0.4) is 0 Å². The highest BCUT2D eigenvalue weighted by atomic mass is 35.5. The van der Waals surface area contributed by atoms with E-state index in [0.29, 0.717) is 11.3 Å². The first kappa shape index (κ1) is 13.2. The minimum atomic E-state index is -0.684. The van der Waals surface area contributed by atoms with Crippen LogP contribution in [0.2, 0.25) is 5.15 Å². The van der Waals surface area contributed by atoms with Crippen LogP contribution in [0.5, 0.6) is 11.6 Å². The fourth-order valence-electron chi connectivity index (χ4n) is 1.83. The number of fused-ring (bicyclic) bond motifs is 1. The molecule has 0 N–H and O–H groups in total. The molecule has 8 heteroatoms. The normalized spacial score (nSPS) is 10.5. The summed E-state index contributed by atoms with van der Waals surface area (Å²) >= 11 is 5.72. The molecular weight excluding hydrogens is 296 g/mol. The largest absolute Gasteiger partial charge is 0.431 e. The second kappa shape index (κ2) is 5.29. The van der Waals surface area contributed by atoms with Crippen LogP contribution in [0.15, 0.2) is 42.9 Å². The molecule has 0 saturated heterocycles. The third kappa shape index (κ3) is 2.46. The Hall–Kier alpha value is -2.80. The molecule has 0 aliphatic carbocycles. The van der Waals surface area contributed by atoms with Crippen molar-refractivity contribution < 1.29 is 9.66 Å². The quantitative estimate of drug-likeness (QED) is 0.418. The number of aromatic nitrogens is 3. The maximum Gasteiger partial charge on any atom is 0.368 e. The van der Waals surface area contributed by atoms with E-state index < -0.39 is 10.6 Å². The van der Waals surface area contributed by atoms with Gasteiger partial charge in [0.25, 0.3) is 0 Å². The highest BCUT2D eigenvalue weighted by Gasteiger charge is 2.24. The lowest BCUT2D eigenvalue weighted by atomic mass is 10.2. The van der Waals surface area contributed by atoms with Crippen molar-refractivity contribution in [2.45, 2.75) is 0 Å². The van der Waals surface area contributed by atoms with Gasteiger partial charge in [-0.15, -0.1) is 0 Å². The number of halogens is 1. The van der Waals surface area contributed by atoms with Gasteiger partial charge in [0.1, 0.15) is 11.8 Å². The van der Waals surface area contributed by atoms with E-state index in [9.17, 15) is 10.1 Å². The summed E-state index contributed by atoms with van der Waals surface area (Å²) in [5, 5.41) is 11.6. The predicted octanol–water partition coefficient (Wildman–Crippen LogP) is 3.38. The summed E-state index contributed by atoms with van der Waals surface area (Å²) in [5.41, 5.74) is 0.0936. The van der Waals surface area contributed by atoms with Crippen LogP contribution in [0, 0.1) is 10.1 Å². The summed E-state index contributed by atoms with van der Waals surface area (Å²) < 4.78 is 5.53. The number of para-hydroxylation sites is 1. The molecule has 3 aromatic rings. The number of benzene rings is 1. The maximum absolute atomic E-state index is 11.0. The van der Waals surface area contributed by atoms with Crippen molar-refractivity contribution in [2.24, 2.45) is 0 Å². The van der Waals surface area contributed by atoms with Crippen molar-refractivity contribution in [3.63, 3.8) is 0 Å². The smallest absolute Gasteiger partial charge is 0.368 e. The Balaban J connectivity index is 2.12. The maximum atomic E-state index is 11.0. The zero-order chi connectivity index (χ0) is 14.8. The van der Waals surface area contributed by atoms with Gasteiger partial charge in [-0.2, -0.15) is 4.98 Å². The Kier molecular flexibility index (Phi) is 3.33. The second-order valence-corrected chi connectivity index (χ2v) is 4.37. The van der Waals surface area contributed by atoms with Crippen molar-refractivity contribution in [3.8, 4) is 11.6 Å². The molecule has 21 heavy (non-hydrogen) atoms. The molecule has 2 heterocycles. The summed E-state index contributed by atoms with van der Waals surface area (Å²) in [7, 11) is 0. The van der Waals surface area contributed by atoms with Crippen LogP contribution in [-0.4, -0.2) is 19.9 Å². The number of ether oxygens (including phenoxy) is 1. The molecule has 0 unspecified atom stereocenters. The Morgan fingerprint density at radius 3 is 2.76 bits per heavy atom. The van der Waals surface area contributed by atoms with Crippen molar-refractivity contribution >= 4 is 28.2 Å². The molecule has 0 radical (unpaired) electrons. The molecular formula is C13H7ClN4O3. The molecule has 104 valence electrons. The number of rotatable bonds is 3. The highest BCUT2D eigenvalue weighted by molar-refractivity contribution is 6.31.